The lowest BCUT2D eigenvalue weighted by molar-refractivity contribution is -0.652. The molecule has 4 aromatic rings. The number of aryl methyl sites for hydroxylation is 1. The maximum Gasteiger partial charge on any atom is 0.331 e. The molecule has 0 N–H and O–H groups in total. The second kappa shape index (κ2) is 3.25. The first-order valence-corrected chi connectivity index (χ1v) is 6.31. The monoisotopic (exact) mass is 266 g/mol. The summed E-state index contributed by atoms with van der Waals surface area (Å²) in [6, 6.07) is 5.40. The number of oxazole rings is 1. The lowest BCUT2D eigenvalue weighted by Crippen LogP contribution is -2.32. The summed E-state index contributed by atoms with van der Waals surface area (Å²) in [6.45, 7) is -1.76. The molecule has 0 spiro atoms. The molecule has 5 rings (SSSR count). The van der Waals surface area contributed by atoms with Gasteiger partial charge < -0.3 is 4.42 Å². The van der Waals surface area contributed by atoms with E-state index in [1.165, 1.54) is 4.57 Å². The maximum atomic E-state index is 7.92. The zero-order valence-corrected chi connectivity index (χ0v) is 10.4. The van der Waals surface area contributed by atoms with E-state index < -0.39 is 6.98 Å². The molecule has 96 valence electrons. The molecule has 4 aromatic heterocycles. The Balaban J connectivity index is 1.97. The number of fused-ring (bicyclic) bond motifs is 7. The van der Waals surface area contributed by atoms with Gasteiger partial charge in [0.15, 0.2) is 11.0 Å². The molecule has 0 atom stereocenters. The van der Waals surface area contributed by atoms with Gasteiger partial charge in [-0.25, -0.2) is 9.55 Å². The van der Waals surface area contributed by atoms with E-state index >= 15 is 0 Å². The van der Waals surface area contributed by atoms with Crippen molar-refractivity contribution in [2.75, 3.05) is 0 Å². The zero-order valence-electron chi connectivity index (χ0n) is 13.4. The molecule has 20 heavy (non-hydrogen) atoms. The van der Waals surface area contributed by atoms with Crippen molar-refractivity contribution in [3.63, 3.8) is 0 Å². The summed E-state index contributed by atoms with van der Waals surface area (Å²) < 4.78 is 33.0. The normalized spacial score (nSPS) is 15.9. The molecule has 0 unspecified atom stereocenters. The molecule has 0 aromatic carbocycles. The quantitative estimate of drug-likeness (QED) is 0.403. The lowest BCUT2D eigenvalue weighted by atomic mass is 10.2. The van der Waals surface area contributed by atoms with E-state index in [1.807, 2.05) is 10.6 Å². The van der Waals surface area contributed by atoms with Crippen LogP contribution < -0.4 is 4.57 Å². The second-order valence-corrected chi connectivity index (χ2v) is 4.89. The Morgan fingerprint density at radius 2 is 2.40 bits per heavy atom. The predicted molar refractivity (Wildman–Crippen MR) is 73.0 cm³/mol. The van der Waals surface area contributed by atoms with E-state index in [0.717, 1.165) is 11.1 Å². The highest BCUT2D eigenvalue weighted by atomic mass is 16.4. The van der Waals surface area contributed by atoms with Crippen molar-refractivity contribution in [1.82, 2.24) is 14.5 Å². The first-order chi connectivity index (χ1) is 11.1. The highest BCUT2D eigenvalue weighted by Crippen LogP contribution is 2.34. The summed E-state index contributed by atoms with van der Waals surface area (Å²) in [5, 5.41) is 0. The average Bonchev–Trinajstić information content (AvgIpc) is 3.13. The Labute approximate surface area is 118 Å². The molecular formula is C15H11N4O+. The van der Waals surface area contributed by atoms with Crippen LogP contribution in [-0.2, 0) is 13.5 Å². The van der Waals surface area contributed by atoms with Crippen molar-refractivity contribution >= 4 is 22.3 Å². The van der Waals surface area contributed by atoms with Crippen LogP contribution in [0.5, 0.6) is 0 Å². The second-order valence-electron chi connectivity index (χ2n) is 4.89. The fourth-order valence-corrected chi connectivity index (χ4v) is 2.93. The Morgan fingerprint density at radius 1 is 1.40 bits per heavy atom. The van der Waals surface area contributed by atoms with Gasteiger partial charge in [-0.3, -0.25) is 4.98 Å². The molecule has 0 bridgehead atoms. The SMILES string of the molecule is [2H]C([2H])([2H])n1c2cccnc2c2oc3[n+](c21)Cc1ccncc1-3. The van der Waals surface area contributed by atoms with E-state index in [2.05, 4.69) is 9.97 Å². The number of hydrogen-bond donors (Lipinski definition) is 0. The molecule has 0 saturated heterocycles. The number of hydrogen-bond acceptors (Lipinski definition) is 3. The van der Waals surface area contributed by atoms with Crippen molar-refractivity contribution in [3.8, 4) is 11.5 Å². The van der Waals surface area contributed by atoms with Crippen molar-refractivity contribution < 1.29 is 13.1 Å². The largest absolute Gasteiger partial charge is 0.411 e. The zero-order chi connectivity index (χ0) is 15.8. The highest BCUT2D eigenvalue weighted by molar-refractivity contribution is 5.99. The summed E-state index contributed by atoms with van der Waals surface area (Å²) in [5.41, 5.74) is 4.10. The maximum absolute atomic E-state index is 7.92. The summed E-state index contributed by atoms with van der Waals surface area (Å²) in [4.78, 5) is 8.46. The van der Waals surface area contributed by atoms with Gasteiger partial charge in [0.25, 0.3) is 11.5 Å². The van der Waals surface area contributed by atoms with E-state index in [1.54, 1.807) is 30.7 Å². The van der Waals surface area contributed by atoms with E-state index in [9.17, 15) is 0 Å². The van der Waals surface area contributed by atoms with Crippen LogP contribution in [0.3, 0.4) is 0 Å². The van der Waals surface area contributed by atoms with Crippen molar-refractivity contribution in [3.05, 3.63) is 42.4 Å². The first-order valence-electron chi connectivity index (χ1n) is 7.81. The van der Waals surface area contributed by atoms with E-state index in [0.29, 0.717) is 34.7 Å². The summed E-state index contributed by atoms with van der Waals surface area (Å²) in [5.74, 6) is 0.628. The van der Waals surface area contributed by atoms with Crippen LogP contribution in [0.15, 0.2) is 41.2 Å². The van der Waals surface area contributed by atoms with Gasteiger partial charge in [0.1, 0.15) is 6.54 Å². The standard InChI is InChI=1S/C15H11N4O/c1-18-11-3-2-5-17-12(11)13-14(18)19-8-9-4-6-16-7-10(9)15(19)20-13/h2-7H,8H2,1H3/q+1/i1D3. The Bertz CT molecular complexity index is 1090. The molecule has 0 saturated carbocycles. The fourth-order valence-electron chi connectivity index (χ4n) is 2.93. The van der Waals surface area contributed by atoms with Crippen LogP contribution >= 0.6 is 0 Å². The van der Waals surface area contributed by atoms with Gasteiger partial charge in [-0.15, -0.1) is 0 Å². The van der Waals surface area contributed by atoms with Gasteiger partial charge in [-0.05, 0) is 18.2 Å². The molecule has 5 nitrogen and oxygen atoms in total. The van der Waals surface area contributed by atoms with Crippen LogP contribution in [0.1, 0.15) is 9.68 Å². The van der Waals surface area contributed by atoms with E-state index in [-0.39, 0.29) is 0 Å². The van der Waals surface area contributed by atoms with Gasteiger partial charge >= 0.3 is 5.65 Å². The number of aromatic nitrogens is 4. The third kappa shape index (κ3) is 1.02. The first kappa shape index (κ1) is 7.79. The van der Waals surface area contributed by atoms with Crippen LogP contribution in [0.25, 0.3) is 33.7 Å². The molecule has 1 aliphatic rings. The molecular weight excluding hydrogens is 252 g/mol. The average molecular weight is 266 g/mol. The summed E-state index contributed by atoms with van der Waals surface area (Å²) in [7, 11) is 0. The van der Waals surface area contributed by atoms with Crippen LogP contribution in [0.2, 0.25) is 0 Å². The Morgan fingerprint density at radius 3 is 3.35 bits per heavy atom. The smallest absolute Gasteiger partial charge is 0.331 e. The van der Waals surface area contributed by atoms with Gasteiger partial charge in [-0.2, -0.15) is 4.57 Å². The predicted octanol–water partition coefficient (Wildman–Crippen LogP) is 2.03. The molecule has 5 heteroatoms. The fraction of sp³-hybridized carbons (Fsp3) is 0.133. The summed E-state index contributed by atoms with van der Waals surface area (Å²) >= 11 is 0. The topological polar surface area (TPSA) is 47.7 Å². The third-order valence-electron chi connectivity index (χ3n) is 3.83. The van der Waals surface area contributed by atoms with Gasteiger partial charge in [0, 0.05) is 24.2 Å². The van der Waals surface area contributed by atoms with Crippen molar-refractivity contribution in [2.24, 2.45) is 6.98 Å². The molecule has 0 radical (unpaired) electrons. The van der Waals surface area contributed by atoms with Gasteiger partial charge in [0.2, 0.25) is 0 Å². The van der Waals surface area contributed by atoms with Gasteiger partial charge in [-0.1, -0.05) is 0 Å². The third-order valence-corrected chi connectivity index (χ3v) is 3.83. The lowest BCUT2D eigenvalue weighted by Gasteiger charge is -1.91. The Kier molecular flexibility index (Phi) is 1.27. The van der Waals surface area contributed by atoms with Gasteiger partial charge in [0.05, 0.1) is 16.7 Å². The van der Waals surface area contributed by atoms with Crippen molar-refractivity contribution in [1.29, 1.82) is 0 Å². The summed E-state index contributed by atoms with van der Waals surface area (Å²) in [6.07, 6.45) is 5.11. The Hall–Kier alpha value is -2.69. The van der Waals surface area contributed by atoms with E-state index in [4.69, 9.17) is 8.53 Å². The van der Waals surface area contributed by atoms with Crippen LogP contribution in [0, 0.1) is 0 Å². The minimum absolute atomic E-state index is 0.501. The van der Waals surface area contributed by atoms with Crippen molar-refractivity contribution in [2.45, 2.75) is 6.54 Å². The highest BCUT2D eigenvalue weighted by Gasteiger charge is 2.34. The minimum atomic E-state index is -2.32. The molecule has 0 fully saturated rings. The molecule has 1 aliphatic heterocycles. The molecule has 5 heterocycles. The minimum Gasteiger partial charge on any atom is -0.411 e. The number of nitrogens with zero attached hydrogens (tertiary/aromatic N) is 4. The molecule has 0 amide bonds. The number of pyridine rings is 2. The number of rotatable bonds is 0. The molecule has 0 aliphatic carbocycles. The van der Waals surface area contributed by atoms with Crippen LogP contribution in [-0.4, -0.2) is 14.5 Å². The van der Waals surface area contributed by atoms with Crippen LogP contribution in [0.4, 0.5) is 0 Å².